The van der Waals surface area contributed by atoms with Crippen molar-refractivity contribution in [3.05, 3.63) is 23.8 Å². The Labute approximate surface area is 87.7 Å². The van der Waals surface area contributed by atoms with Gasteiger partial charge in [-0.25, -0.2) is 8.42 Å². The van der Waals surface area contributed by atoms with Crippen molar-refractivity contribution < 1.29 is 21.9 Å². The van der Waals surface area contributed by atoms with E-state index in [9.17, 15) is 13.0 Å². The summed E-state index contributed by atoms with van der Waals surface area (Å²) in [5.41, 5.74) is 0. The Hall–Kier alpha value is -0.0500. The van der Waals surface area contributed by atoms with Gasteiger partial charge in [0.2, 0.25) is 10.4 Å². The normalized spacial score (nSPS) is 14.0. The minimum Gasteiger partial charge on any atom is -0.726 e. The summed E-state index contributed by atoms with van der Waals surface area (Å²) in [6.45, 7) is 0. The van der Waals surface area contributed by atoms with E-state index in [0.29, 0.717) is 0 Å². The molecule has 0 bridgehead atoms. The molecule has 0 aliphatic carbocycles. The first-order valence-corrected chi connectivity index (χ1v) is 5.16. The van der Waals surface area contributed by atoms with E-state index in [0.717, 1.165) is 7.11 Å². The van der Waals surface area contributed by atoms with Crippen molar-refractivity contribution in [1.29, 1.82) is 0 Å². The highest BCUT2D eigenvalue weighted by molar-refractivity contribution is 7.95. The zero-order valence-electron chi connectivity index (χ0n) is 6.74. The fourth-order valence-electron chi connectivity index (χ4n) is 0.291. The van der Waals surface area contributed by atoms with Crippen LogP contribution in [0.5, 0.6) is 0 Å². The monoisotopic (exact) mass is 247 g/mol. The summed E-state index contributed by atoms with van der Waals surface area (Å²) in [6, 6.07) is 0. The Morgan fingerprint density at radius 2 is 2.00 bits per heavy atom. The second-order valence-corrected chi connectivity index (χ2v) is 3.53. The number of halogens is 1. The van der Waals surface area contributed by atoms with Gasteiger partial charge < -0.3 is 4.55 Å². The first-order valence-electron chi connectivity index (χ1n) is 2.88. The third-order valence-corrected chi connectivity index (χ3v) is 1.78. The topological polar surface area (TPSA) is 83.0 Å². The molecule has 0 atom stereocenters. The second kappa shape index (κ2) is 8.54. The van der Waals surface area contributed by atoms with E-state index >= 15 is 0 Å². The van der Waals surface area contributed by atoms with Crippen molar-refractivity contribution in [1.82, 2.24) is 0 Å². The van der Waals surface area contributed by atoms with Gasteiger partial charge in [0.05, 0.1) is 7.11 Å². The van der Waals surface area contributed by atoms with Crippen LogP contribution in [0.1, 0.15) is 0 Å². The van der Waals surface area contributed by atoms with Crippen LogP contribution in [0.2, 0.25) is 0 Å². The zero-order valence-corrected chi connectivity index (χ0v) is 9.19. The number of allylic oxidation sites excluding steroid dienone is 2. The Morgan fingerprint density at radius 3 is 2.08 bits per heavy atom. The van der Waals surface area contributed by atoms with Gasteiger partial charge in [0.15, 0.2) is 0 Å². The standard InChI is InChI=1S/C4H5NS.CH4O4S.ClH/c1-2-4-6-5-3-1;1-5-6(2,3)4;/h1-5H;1H3,(H,2,3,4);1H. The van der Waals surface area contributed by atoms with Crippen molar-refractivity contribution in [3.8, 4) is 0 Å². The molecule has 2 N–H and O–H groups in total. The van der Waals surface area contributed by atoms with E-state index in [1.165, 1.54) is 0 Å². The molecule has 0 aromatic carbocycles. The van der Waals surface area contributed by atoms with Gasteiger partial charge in [-0.3, -0.25) is 8.91 Å². The molecule has 5 nitrogen and oxygen atoms in total. The van der Waals surface area contributed by atoms with Gasteiger partial charge in [-0.2, -0.15) is 0 Å². The minimum absolute atomic E-state index is 0. The van der Waals surface area contributed by atoms with Crippen LogP contribution in [-0.2, 0) is 14.6 Å². The van der Waals surface area contributed by atoms with Crippen molar-refractivity contribution in [2.75, 3.05) is 7.11 Å². The first-order chi connectivity index (χ1) is 5.56. The molecule has 0 saturated heterocycles. The number of hydrogen-bond acceptors (Lipinski definition) is 5. The smallest absolute Gasteiger partial charge is 0.217 e. The summed E-state index contributed by atoms with van der Waals surface area (Å²) in [5, 5.41) is 2.04. The molecule has 0 amide bonds. The number of quaternary nitrogens is 1. The van der Waals surface area contributed by atoms with Gasteiger partial charge >= 0.3 is 0 Å². The summed E-state index contributed by atoms with van der Waals surface area (Å²) < 4.78 is 33.1. The van der Waals surface area contributed by atoms with Gasteiger partial charge in [0.1, 0.15) is 18.1 Å². The molecule has 1 aliphatic heterocycles. The lowest BCUT2D eigenvalue weighted by Gasteiger charge is -1.98. The van der Waals surface area contributed by atoms with E-state index in [1.807, 2.05) is 28.5 Å². The summed E-state index contributed by atoms with van der Waals surface area (Å²) in [6.07, 6.45) is 6.05. The molecule has 0 unspecified atom stereocenters. The lowest BCUT2D eigenvalue weighted by atomic mass is 10.6. The van der Waals surface area contributed by atoms with E-state index < -0.39 is 10.4 Å². The summed E-state index contributed by atoms with van der Waals surface area (Å²) >= 11 is 1.70. The average molecular weight is 248 g/mol. The molecule has 1 aliphatic rings. The second-order valence-electron chi connectivity index (χ2n) is 1.56. The lowest BCUT2D eigenvalue weighted by molar-refractivity contribution is -0.395. The highest BCUT2D eigenvalue weighted by Gasteiger charge is 1.81. The third kappa shape index (κ3) is 14.8. The van der Waals surface area contributed by atoms with Crippen molar-refractivity contribution in [3.63, 3.8) is 0 Å². The van der Waals surface area contributed by atoms with Crippen LogP contribution >= 0.6 is 24.4 Å². The van der Waals surface area contributed by atoms with Crippen LogP contribution in [0, 0.1) is 0 Å². The van der Waals surface area contributed by atoms with E-state index in [1.54, 1.807) is 11.9 Å². The van der Waals surface area contributed by atoms with Crippen LogP contribution in [0.3, 0.4) is 0 Å². The molecule has 0 aromatic heterocycles. The molecule has 0 fully saturated rings. The molecular formula is C5H10ClNO4S2. The van der Waals surface area contributed by atoms with Crippen LogP contribution < -0.4 is 4.72 Å². The fourth-order valence-corrected chi connectivity index (χ4v) is 0.745. The SMILES string of the molecule is C1=C[NH2+]SC=C1.COS(=O)(=O)[O-].Cl. The number of rotatable bonds is 1. The van der Waals surface area contributed by atoms with E-state index in [4.69, 9.17) is 0 Å². The predicted octanol–water partition coefficient (Wildman–Crippen LogP) is -0.246. The van der Waals surface area contributed by atoms with Crippen LogP contribution in [0.15, 0.2) is 23.8 Å². The maximum absolute atomic E-state index is 9.22. The largest absolute Gasteiger partial charge is 0.726 e. The van der Waals surface area contributed by atoms with Gasteiger partial charge in [0.25, 0.3) is 0 Å². The van der Waals surface area contributed by atoms with Crippen molar-refractivity contribution in [2.45, 2.75) is 0 Å². The summed E-state index contributed by atoms with van der Waals surface area (Å²) in [7, 11) is -3.60. The van der Waals surface area contributed by atoms with Crippen LogP contribution in [0.4, 0.5) is 0 Å². The van der Waals surface area contributed by atoms with E-state index in [-0.39, 0.29) is 12.4 Å². The van der Waals surface area contributed by atoms with E-state index in [2.05, 4.69) is 4.18 Å². The highest BCUT2D eigenvalue weighted by atomic mass is 35.5. The molecule has 0 aromatic rings. The summed E-state index contributed by atoms with van der Waals surface area (Å²) in [5.74, 6) is 0. The lowest BCUT2D eigenvalue weighted by Crippen LogP contribution is -2.68. The van der Waals surface area contributed by atoms with Crippen molar-refractivity contribution in [2.24, 2.45) is 0 Å². The Balaban J connectivity index is 0. The summed E-state index contributed by atoms with van der Waals surface area (Å²) in [4.78, 5) is 0. The molecular weight excluding hydrogens is 238 g/mol. The first kappa shape index (κ1) is 15.4. The maximum atomic E-state index is 9.22. The number of nitrogens with two attached hydrogens (primary N) is 1. The Kier molecular flexibility index (Phi) is 10.1. The van der Waals surface area contributed by atoms with Gasteiger partial charge in [0, 0.05) is 5.41 Å². The molecule has 0 saturated carbocycles. The molecule has 0 spiro atoms. The van der Waals surface area contributed by atoms with Gasteiger partial charge in [-0.15, -0.1) is 12.4 Å². The maximum Gasteiger partial charge on any atom is 0.217 e. The molecule has 1 rings (SSSR count). The molecule has 0 radical (unpaired) electrons. The zero-order chi connectivity index (χ0) is 9.45. The Morgan fingerprint density at radius 1 is 1.46 bits per heavy atom. The molecule has 78 valence electrons. The van der Waals surface area contributed by atoms with Gasteiger partial charge in [-0.05, 0) is 12.2 Å². The minimum atomic E-state index is -4.41. The highest BCUT2D eigenvalue weighted by Crippen LogP contribution is 1.89. The van der Waals surface area contributed by atoms with Crippen LogP contribution in [-0.4, -0.2) is 20.1 Å². The average Bonchev–Trinajstić information content (AvgIpc) is 2.07. The predicted molar refractivity (Wildman–Crippen MR) is 51.8 cm³/mol. The van der Waals surface area contributed by atoms with Crippen molar-refractivity contribution >= 4 is 34.8 Å². The van der Waals surface area contributed by atoms with Gasteiger partial charge in [-0.1, -0.05) is 0 Å². The molecule has 13 heavy (non-hydrogen) atoms. The third-order valence-electron chi connectivity index (χ3n) is 0.741. The Bertz CT molecular complexity index is 250. The quantitative estimate of drug-likeness (QED) is 0.393. The number of hydrogen-bond donors (Lipinski definition) is 1. The van der Waals surface area contributed by atoms with Crippen LogP contribution in [0.25, 0.3) is 0 Å². The molecule has 1 heterocycles. The fraction of sp³-hybridized carbons (Fsp3) is 0.200. The molecule has 8 heteroatoms.